The number of nitrogens with one attached hydrogen (secondary N) is 2. The van der Waals surface area contributed by atoms with Crippen molar-refractivity contribution in [1.82, 2.24) is 24.3 Å². The molecule has 2 aliphatic carbocycles. The number of amides is 4. The zero-order chi connectivity index (χ0) is 29.1. The van der Waals surface area contributed by atoms with Crippen LogP contribution in [-0.2, 0) is 16.1 Å². The second kappa shape index (κ2) is 9.89. The summed E-state index contributed by atoms with van der Waals surface area (Å²) < 4.78 is 16.6. The van der Waals surface area contributed by atoms with Gasteiger partial charge in [0, 0.05) is 48.9 Å². The summed E-state index contributed by atoms with van der Waals surface area (Å²) in [6.07, 6.45) is 8.37. The van der Waals surface area contributed by atoms with Crippen LogP contribution in [0.1, 0.15) is 53.9 Å². The first-order chi connectivity index (χ1) is 20.2. The molecule has 2 atom stereocenters. The van der Waals surface area contributed by atoms with Crippen LogP contribution < -0.4 is 15.5 Å². The minimum atomic E-state index is -0.463. The Morgan fingerprint density at radius 3 is 2.69 bits per heavy atom. The number of anilines is 3. The van der Waals surface area contributed by atoms with E-state index in [2.05, 4.69) is 20.6 Å². The smallest absolute Gasteiger partial charge is 0.331 e. The Morgan fingerprint density at radius 2 is 1.95 bits per heavy atom. The maximum absolute atomic E-state index is 14.7. The maximum Gasteiger partial charge on any atom is 0.331 e. The van der Waals surface area contributed by atoms with E-state index in [1.54, 1.807) is 12.3 Å². The van der Waals surface area contributed by atoms with Gasteiger partial charge in [-0.15, -0.1) is 0 Å². The molecule has 214 valence electrons. The van der Waals surface area contributed by atoms with Crippen LogP contribution in [0.25, 0.3) is 5.65 Å². The van der Waals surface area contributed by atoms with Crippen LogP contribution in [0.2, 0.25) is 0 Å². The molecule has 1 aromatic carbocycles. The molecule has 4 aromatic rings. The maximum atomic E-state index is 14.7. The van der Waals surface area contributed by atoms with Gasteiger partial charge in [-0.05, 0) is 68.0 Å². The number of benzene rings is 1. The SMILES string of the molecule is Cc1ccnc(C2CC2C(=O)Nc2ccc(F)c(NCc3cn4cc(C5CC5)cc(N5CC(=O)N(C)C5=O)c4n3)c2)n1. The van der Waals surface area contributed by atoms with E-state index in [0.29, 0.717) is 40.9 Å². The van der Waals surface area contributed by atoms with Gasteiger partial charge in [0.05, 0.1) is 23.6 Å². The van der Waals surface area contributed by atoms with Gasteiger partial charge in [-0.2, -0.15) is 0 Å². The summed E-state index contributed by atoms with van der Waals surface area (Å²) in [5, 5.41) is 5.97. The number of hydrogen-bond donors (Lipinski definition) is 2. The molecule has 4 heterocycles. The number of fused-ring (bicyclic) bond motifs is 1. The van der Waals surface area contributed by atoms with Crippen molar-refractivity contribution in [2.24, 2.45) is 5.92 Å². The number of rotatable bonds is 8. The number of pyridine rings is 1. The Balaban J connectivity index is 1.07. The molecule has 1 aliphatic heterocycles. The average molecular weight is 569 g/mol. The average Bonchev–Trinajstić information content (AvgIpc) is 3.90. The van der Waals surface area contributed by atoms with Crippen molar-refractivity contribution in [3.8, 4) is 0 Å². The van der Waals surface area contributed by atoms with E-state index >= 15 is 0 Å². The molecule has 2 unspecified atom stereocenters. The van der Waals surface area contributed by atoms with E-state index in [0.717, 1.165) is 29.0 Å². The summed E-state index contributed by atoms with van der Waals surface area (Å²) in [4.78, 5) is 53.9. The lowest BCUT2D eigenvalue weighted by atomic mass is 10.1. The van der Waals surface area contributed by atoms with E-state index < -0.39 is 5.82 Å². The molecule has 3 aliphatic rings. The van der Waals surface area contributed by atoms with E-state index in [1.165, 1.54) is 24.1 Å². The van der Waals surface area contributed by atoms with Crippen LogP contribution in [0.15, 0.2) is 48.9 Å². The molecule has 3 fully saturated rings. The normalized spacial score (nSPS) is 20.0. The van der Waals surface area contributed by atoms with E-state index in [9.17, 15) is 18.8 Å². The van der Waals surface area contributed by atoms with Crippen LogP contribution in [-0.4, -0.2) is 55.7 Å². The summed E-state index contributed by atoms with van der Waals surface area (Å²) in [6.45, 7) is 2.06. The van der Waals surface area contributed by atoms with Gasteiger partial charge in [-0.1, -0.05) is 0 Å². The lowest BCUT2D eigenvalue weighted by molar-refractivity contribution is -0.124. The molecule has 1 saturated heterocycles. The molecule has 42 heavy (non-hydrogen) atoms. The number of aromatic nitrogens is 4. The second-order valence-corrected chi connectivity index (χ2v) is 11.3. The Kier molecular flexibility index (Phi) is 6.14. The minimum absolute atomic E-state index is 0.0160. The van der Waals surface area contributed by atoms with E-state index in [-0.39, 0.29) is 48.5 Å². The van der Waals surface area contributed by atoms with Gasteiger partial charge in [-0.3, -0.25) is 19.4 Å². The number of carbonyl (C=O) groups is 3. The highest BCUT2D eigenvalue weighted by molar-refractivity contribution is 6.13. The van der Waals surface area contributed by atoms with Gasteiger partial charge in [0.25, 0.3) is 0 Å². The number of nitrogens with zero attached hydrogens (tertiary/aromatic N) is 6. The van der Waals surface area contributed by atoms with Gasteiger partial charge in [0.1, 0.15) is 18.2 Å². The Bertz CT molecular complexity index is 1770. The highest BCUT2D eigenvalue weighted by Crippen LogP contribution is 2.46. The van der Waals surface area contributed by atoms with E-state index in [4.69, 9.17) is 4.98 Å². The van der Waals surface area contributed by atoms with Crippen molar-refractivity contribution >= 4 is 40.6 Å². The summed E-state index contributed by atoms with van der Waals surface area (Å²) >= 11 is 0. The Labute approximate surface area is 240 Å². The molecule has 0 bridgehead atoms. The number of aryl methyl sites for hydroxylation is 1. The number of urea groups is 1. The molecule has 2 saturated carbocycles. The first kappa shape index (κ1) is 26.1. The minimum Gasteiger partial charge on any atom is -0.377 e. The summed E-state index contributed by atoms with van der Waals surface area (Å²) in [5.41, 5.74) is 4.41. The van der Waals surface area contributed by atoms with Gasteiger partial charge < -0.3 is 15.0 Å². The zero-order valence-electron chi connectivity index (χ0n) is 23.2. The summed E-state index contributed by atoms with van der Waals surface area (Å²) in [5.74, 6) is -0.0321. The van der Waals surface area contributed by atoms with E-state index in [1.807, 2.05) is 35.9 Å². The van der Waals surface area contributed by atoms with Gasteiger partial charge >= 0.3 is 6.03 Å². The van der Waals surface area contributed by atoms with Gasteiger partial charge in [-0.25, -0.2) is 24.1 Å². The fourth-order valence-corrected chi connectivity index (χ4v) is 5.44. The molecule has 0 spiro atoms. The summed E-state index contributed by atoms with van der Waals surface area (Å²) in [7, 11) is 1.47. The topological polar surface area (TPSA) is 125 Å². The van der Waals surface area contributed by atoms with Crippen molar-refractivity contribution < 1.29 is 18.8 Å². The molecule has 12 heteroatoms. The van der Waals surface area contributed by atoms with Gasteiger partial charge in [0.15, 0.2) is 5.65 Å². The molecule has 4 amide bonds. The third-order valence-electron chi connectivity index (χ3n) is 8.09. The van der Waals surface area contributed by atoms with Crippen molar-refractivity contribution in [3.05, 3.63) is 77.5 Å². The molecule has 3 aromatic heterocycles. The monoisotopic (exact) mass is 568 g/mol. The molecule has 2 N–H and O–H groups in total. The highest BCUT2D eigenvalue weighted by Gasteiger charge is 2.46. The lowest BCUT2D eigenvalue weighted by Crippen LogP contribution is -2.30. The van der Waals surface area contributed by atoms with Crippen LogP contribution in [0.5, 0.6) is 0 Å². The van der Waals surface area contributed by atoms with Crippen LogP contribution >= 0.6 is 0 Å². The molecule has 7 rings (SSSR count). The fraction of sp³-hybridized carbons (Fsp3) is 0.333. The standard InChI is InChI=1S/C30H29FN8O3/c1-16-7-8-32-27(34-16)21-11-22(21)29(41)36-19-5-6-23(31)24(10-19)33-12-20-14-38-13-18(17-3-4-17)9-25(28(38)35-20)39-15-26(40)37(2)30(39)42/h5-10,13-14,17,21-22,33H,3-4,11-12,15H2,1-2H3,(H,36,41). The van der Waals surface area contributed by atoms with Crippen molar-refractivity contribution in [2.75, 3.05) is 29.1 Å². The Hall–Kier alpha value is -4.87. The number of hydrogen-bond acceptors (Lipinski definition) is 7. The molecule has 11 nitrogen and oxygen atoms in total. The van der Waals surface area contributed by atoms with Crippen LogP contribution in [0.3, 0.4) is 0 Å². The third-order valence-corrected chi connectivity index (χ3v) is 8.09. The highest BCUT2D eigenvalue weighted by atomic mass is 19.1. The predicted octanol–water partition coefficient (Wildman–Crippen LogP) is 4.20. The molecule has 0 radical (unpaired) electrons. The number of imide groups is 1. The fourth-order valence-electron chi connectivity index (χ4n) is 5.44. The van der Waals surface area contributed by atoms with Crippen LogP contribution in [0.4, 0.5) is 26.2 Å². The first-order valence-electron chi connectivity index (χ1n) is 14.0. The Morgan fingerprint density at radius 1 is 1.12 bits per heavy atom. The molecular weight excluding hydrogens is 539 g/mol. The zero-order valence-corrected chi connectivity index (χ0v) is 23.2. The van der Waals surface area contributed by atoms with Crippen LogP contribution in [0, 0.1) is 18.7 Å². The lowest BCUT2D eigenvalue weighted by Gasteiger charge is -2.17. The summed E-state index contributed by atoms with van der Waals surface area (Å²) in [6, 6.07) is 7.78. The second-order valence-electron chi connectivity index (χ2n) is 11.3. The number of likely N-dealkylation sites (N-methyl/N-ethyl adjacent to an activating group) is 1. The van der Waals surface area contributed by atoms with Crippen molar-refractivity contribution in [2.45, 2.75) is 44.6 Å². The first-order valence-corrected chi connectivity index (χ1v) is 14.0. The number of carbonyl (C=O) groups excluding carboxylic acids is 3. The van der Waals surface area contributed by atoms with Crippen molar-refractivity contribution in [3.63, 3.8) is 0 Å². The van der Waals surface area contributed by atoms with Gasteiger partial charge in [0.2, 0.25) is 11.8 Å². The predicted molar refractivity (Wildman–Crippen MR) is 153 cm³/mol. The number of halogens is 1. The largest absolute Gasteiger partial charge is 0.377 e. The third kappa shape index (κ3) is 4.82. The van der Waals surface area contributed by atoms with Crippen molar-refractivity contribution in [1.29, 1.82) is 0 Å². The quantitative estimate of drug-likeness (QED) is 0.305. The number of imidazole rings is 1. The molecular formula is C30H29FN8O3.